The maximum Gasteiger partial charge on any atom is 0.402 e. The van der Waals surface area contributed by atoms with Crippen LogP contribution < -0.4 is 4.74 Å². The topological polar surface area (TPSA) is 46.6 Å². The minimum Gasteiger partial charge on any atom is -0.496 e. The van der Waals surface area contributed by atoms with Crippen LogP contribution in [0.3, 0.4) is 0 Å². The molecule has 0 aromatic heterocycles. The summed E-state index contributed by atoms with van der Waals surface area (Å²) in [7, 11) is -2.78. The van der Waals surface area contributed by atoms with Crippen LogP contribution in [-0.4, -0.2) is 38.6 Å². The minimum atomic E-state index is -4.57. The van der Waals surface area contributed by atoms with E-state index in [0.29, 0.717) is 27.4 Å². The van der Waals surface area contributed by atoms with Gasteiger partial charge in [-0.15, -0.1) is 0 Å². The zero-order valence-electron chi connectivity index (χ0n) is 11.0. The van der Waals surface area contributed by atoms with Crippen molar-refractivity contribution >= 4 is 26.0 Å². The van der Waals surface area contributed by atoms with E-state index in [1.54, 1.807) is 0 Å². The van der Waals surface area contributed by atoms with Gasteiger partial charge in [-0.05, 0) is 47.0 Å². The fourth-order valence-electron chi connectivity index (χ4n) is 1.89. The van der Waals surface area contributed by atoms with Gasteiger partial charge in [0.05, 0.1) is 16.5 Å². The van der Waals surface area contributed by atoms with E-state index in [-0.39, 0.29) is 4.90 Å². The number of hydrogen-bond donors (Lipinski definition) is 0. The van der Waals surface area contributed by atoms with Gasteiger partial charge in [0.1, 0.15) is 12.3 Å². The van der Waals surface area contributed by atoms with Gasteiger partial charge in [-0.3, -0.25) is 0 Å². The predicted octanol–water partition coefficient (Wildman–Crippen LogP) is 3.17. The number of sulfonamides is 1. The second-order valence-electron chi connectivity index (χ2n) is 4.69. The molecule has 4 nitrogen and oxygen atoms in total. The molecule has 0 aliphatic heterocycles. The van der Waals surface area contributed by atoms with Crippen LogP contribution in [0.5, 0.6) is 5.75 Å². The average molecular weight is 388 g/mol. The van der Waals surface area contributed by atoms with Gasteiger partial charge in [-0.25, -0.2) is 8.42 Å². The second-order valence-corrected chi connectivity index (χ2v) is 7.44. The van der Waals surface area contributed by atoms with E-state index < -0.39 is 28.8 Å². The molecule has 0 N–H and O–H groups in total. The highest BCUT2D eigenvalue weighted by molar-refractivity contribution is 9.10. The highest BCUT2D eigenvalue weighted by Gasteiger charge is 2.44. The Balaban J connectivity index is 2.36. The molecule has 118 valence electrons. The Morgan fingerprint density at radius 1 is 1.38 bits per heavy atom. The maximum atomic E-state index is 12.6. The Morgan fingerprint density at radius 2 is 2.00 bits per heavy atom. The van der Waals surface area contributed by atoms with Crippen molar-refractivity contribution in [2.75, 3.05) is 13.7 Å². The Morgan fingerprint density at radius 3 is 2.43 bits per heavy atom. The lowest BCUT2D eigenvalue weighted by atomic mass is 10.3. The Kier molecular flexibility index (Phi) is 4.55. The Hall–Kier alpha value is -0.800. The van der Waals surface area contributed by atoms with Crippen LogP contribution in [0, 0.1) is 0 Å². The van der Waals surface area contributed by atoms with E-state index >= 15 is 0 Å². The van der Waals surface area contributed by atoms with Crippen LogP contribution in [0.25, 0.3) is 0 Å². The third kappa shape index (κ3) is 3.89. The molecule has 1 saturated carbocycles. The highest BCUT2D eigenvalue weighted by atomic mass is 79.9. The van der Waals surface area contributed by atoms with Gasteiger partial charge in [-0.2, -0.15) is 17.5 Å². The molecule has 0 amide bonds. The number of methoxy groups -OCH3 is 1. The molecule has 1 fully saturated rings. The number of halogens is 4. The fraction of sp³-hybridized carbons (Fsp3) is 0.500. The number of ether oxygens (including phenoxy) is 1. The quantitative estimate of drug-likeness (QED) is 0.779. The van der Waals surface area contributed by atoms with E-state index in [2.05, 4.69) is 15.9 Å². The van der Waals surface area contributed by atoms with Gasteiger partial charge >= 0.3 is 6.18 Å². The standard InChI is InChI=1S/C12H13BrF3NO3S/c1-20-11-5-4-9(6-10(11)13)21(18,19)17(8-2-3-8)7-12(14,15)16/h4-6,8H,2-3,7H2,1H3. The van der Waals surface area contributed by atoms with Gasteiger partial charge in [0.2, 0.25) is 10.0 Å². The smallest absolute Gasteiger partial charge is 0.402 e. The van der Waals surface area contributed by atoms with Crippen LogP contribution in [0.2, 0.25) is 0 Å². The predicted molar refractivity (Wildman–Crippen MR) is 73.7 cm³/mol. The summed E-state index contributed by atoms with van der Waals surface area (Å²) in [4.78, 5) is -0.189. The summed E-state index contributed by atoms with van der Waals surface area (Å²) in [5, 5.41) is 0. The number of hydrogen-bond acceptors (Lipinski definition) is 3. The molecule has 21 heavy (non-hydrogen) atoms. The first-order valence-electron chi connectivity index (χ1n) is 6.07. The van der Waals surface area contributed by atoms with Crippen molar-refractivity contribution in [3.8, 4) is 5.75 Å². The van der Waals surface area contributed by atoms with Crippen LogP contribution in [0.1, 0.15) is 12.8 Å². The van der Waals surface area contributed by atoms with E-state index in [4.69, 9.17) is 4.74 Å². The molecule has 2 rings (SSSR count). The first kappa shape index (κ1) is 16.6. The van der Waals surface area contributed by atoms with Gasteiger partial charge in [0.15, 0.2) is 0 Å². The minimum absolute atomic E-state index is 0.189. The molecule has 1 aliphatic carbocycles. The first-order valence-corrected chi connectivity index (χ1v) is 8.30. The van der Waals surface area contributed by atoms with Crippen LogP contribution in [0.4, 0.5) is 13.2 Å². The number of alkyl halides is 3. The van der Waals surface area contributed by atoms with E-state index in [9.17, 15) is 21.6 Å². The lowest BCUT2D eigenvalue weighted by Crippen LogP contribution is -2.40. The van der Waals surface area contributed by atoms with Crippen LogP contribution in [-0.2, 0) is 10.0 Å². The molecular weight excluding hydrogens is 375 g/mol. The zero-order chi connectivity index (χ0) is 15.8. The molecule has 0 atom stereocenters. The van der Waals surface area contributed by atoms with Crippen molar-refractivity contribution in [1.29, 1.82) is 0 Å². The summed E-state index contributed by atoms with van der Waals surface area (Å²) in [5.41, 5.74) is 0. The molecule has 0 saturated heterocycles. The van der Waals surface area contributed by atoms with E-state index in [1.807, 2.05) is 0 Å². The van der Waals surface area contributed by atoms with Crippen molar-refractivity contribution in [1.82, 2.24) is 4.31 Å². The average Bonchev–Trinajstić information content (AvgIpc) is 3.18. The van der Waals surface area contributed by atoms with Crippen molar-refractivity contribution in [3.63, 3.8) is 0 Å². The fourth-order valence-corrected chi connectivity index (χ4v) is 4.28. The van der Waals surface area contributed by atoms with Crippen molar-refractivity contribution in [2.45, 2.75) is 30.0 Å². The third-order valence-corrected chi connectivity index (χ3v) is 5.53. The first-order chi connectivity index (χ1) is 9.65. The number of nitrogens with zero attached hydrogens (tertiary/aromatic N) is 1. The summed E-state index contributed by atoms with van der Waals surface area (Å²) in [6.07, 6.45) is -3.67. The second kappa shape index (κ2) is 5.77. The summed E-state index contributed by atoms with van der Waals surface area (Å²) >= 11 is 3.13. The van der Waals surface area contributed by atoms with Gasteiger partial charge in [-0.1, -0.05) is 0 Å². The normalized spacial score (nSPS) is 16.3. The van der Waals surface area contributed by atoms with E-state index in [1.165, 1.54) is 25.3 Å². The third-order valence-electron chi connectivity index (χ3n) is 3.02. The SMILES string of the molecule is COc1ccc(S(=O)(=O)N(CC(F)(F)F)C2CC2)cc1Br. The molecule has 1 aliphatic rings. The molecule has 0 spiro atoms. The van der Waals surface area contributed by atoms with Gasteiger partial charge in [0, 0.05) is 6.04 Å². The number of benzene rings is 1. The molecule has 1 aromatic carbocycles. The monoisotopic (exact) mass is 387 g/mol. The summed E-state index contributed by atoms with van der Waals surface area (Å²) in [6.45, 7) is -1.47. The highest BCUT2D eigenvalue weighted by Crippen LogP contribution is 2.36. The Bertz CT molecular complexity index is 629. The molecular formula is C12H13BrF3NO3S. The molecule has 9 heteroatoms. The summed E-state index contributed by atoms with van der Waals surface area (Å²) in [6, 6.07) is 3.32. The van der Waals surface area contributed by atoms with Crippen molar-refractivity contribution in [2.24, 2.45) is 0 Å². The zero-order valence-corrected chi connectivity index (χ0v) is 13.4. The van der Waals surface area contributed by atoms with Crippen LogP contribution >= 0.6 is 15.9 Å². The number of rotatable bonds is 5. The van der Waals surface area contributed by atoms with Crippen LogP contribution in [0.15, 0.2) is 27.6 Å². The molecule has 0 unspecified atom stereocenters. The van der Waals surface area contributed by atoms with Gasteiger partial charge in [0.25, 0.3) is 0 Å². The largest absolute Gasteiger partial charge is 0.496 e. The molecule has 0 bridgehead atoms. The maximum absolute atomic E-state index is 12.6. The van der Waals surface area contributed by atoms with Crippen molar-refractivity contribution in [3.05, 3.63) is 22.7 Å². The summed E-state index contributed by atoms with van der Waals surface area (Å²) in [5.74, 6) is 0.405. The lowest BCUT2D eigenvalue weighted by molar-refractivity contribution is -0.137. The van der Waals surface area contributed by atoms with Crippen molar-refractivity contribution < 1.29 is 26.3 Å². The summed E-state index contributed by atoms with van der Waals surface area (Å²) < 4.78 is 68.5. The Labute approximate surface area is 129 Å². The molecule has 1 aromatic rings. The molecule has 0 heterocycles. The van der Waals surface area contributed by atoms with Gasteiger partial charge < -0.3 is 4.74 Å². The molecule has 0 radical (unpaired) electrons. The lowest BCUT2D eigenvalue weighted by Gasteiger charge is -2.23. The van der Waals surface area contributed by atoms with E-state index in [0.717, 1.165) is 0 Å².